The van der Waals surface area contributed by atoms with Gasteiger partial charge in [-0.15, -0.1) is 0 Å². The summed E-state index contributed by atoms with van der Waals surface area (Å²) in [6.45, 7) is 3.81. The Labute approximate surface area is 168 Å². The molecule has 0 unspecified atom stereocenters. The first-order valence-corrected chi connectivity index (χ1v) is 10.7. The number of pyridine rings is 1. The van der Waals surface area contributed by atoms with Gasteiger partial charge in [-0.3, -0.25) is 4.31 Å². The molecule has 0 spiro atoms. The van der Waals surface area contributed by atoms with Gasteiger partial charge in [0.2, 0.25) is 10.0 Å². The van der Waals surface area contributed by atoms with Gasteiger partial charge in [-0.1, -0.05) is 11.6 Å². The number of halogens is 2. The van der Waals surface area contributed by atoms with E-state index in [0.717, 1.165) is 5.69 Å². The molecule has 2 aromatic heterocycles. The molecule has 28 heavy (non-hydrogen) atoms. The smallest absolute Gasteiger partial charge is 0.234 e. The Hall–Kier alpha value is -2.32. The minimum atomic E-state index is -3.56. The Morgan fingerprint density at radius 1 is 1.29 bits per heavy atom. The predicted octanol–water partition coefficient (Wildman–Crippen LogP) is 4.00. The summed E-state index contributed by atoms with van der Waals surface area (Å²) in [5.41, 5.74) is 1.62. The average Bonchev–Trinajstić information content (AvgIpc) is 2.99. The second kappa shape index (κ2) is 7.97. The summed E-state index contributed by atoms with van der Waals surface area (Å²) >= 11 is 5.94. The lowest BCUT2D eigenvalue weighted by molar-refractivity contribution is 0.419. The van der Waals surface area contributed by atoms with Gasteiger partial charge in [0, 0.05) is 23.8 Å². The summed E-state index contributed by atoms with van der Waals surface area (Å²) in [6.07, 6.45) is 1.46. The fourth-order valence-corrected chi connectivity index (χ4v) is 4.50. The molecule has 0 amide bonds. The van der Waals surface area contributed by atoms with E-state index < -0.39 is 10.0 Å². The summed E-state index contributed by atoms with van der Waals surface area (Å²) in [5, 5.41) is 0.851. The molecule has 6 nitrogen and oxygen atoms in total. The van der Waals surface area contributed by atoms with Crippen molar-refractivity contribution in [3.05, 3.63) is 53.2 Å². The summed E-state index contributed by atoms with van der Waals surface area (Å²) in [5.74, 6) is 0.110. The van der Waals surface area contributed by atoms with Crippen LogP contribution in [0.1, 0.15) is 12.6 Å². The molecule has 0 saturated heterocycles. The minimum Gasteiger partial charge on any atom is -0.496 e. The van der Waals surface area contributed by atoms with Crippen molar-refractivity contribution in [1.29, 1.82) is 0 Å². The van der Waals surface area contributed by atoms with Crippen molar-refractivity contribution in [2.45, 2.75) is 20.4 Å². The number of anilines is 1. The Balaban J connectivity index is 2.02. The molecule has 2 heterocycles. The molecule has 0 bridgehead atoms. The van der Waals surface area contributed by atoms with Gasteiger partial charge in [0.25, 0.3) is 0 Å². The first-order chi connectivity index (χ1) is 13.3. The molecule has 9 heteroatoms. The van der Waals surface area contributed by atoms with Crippen LogP contribution in [0.3, 0.4) is 0 Å². The standard InChI is InChI=1S/C19H21ClFN3O3S/c1-4-28(25,26)24(14-7-8-22-18(20)12-14)10-9-23-13(2)11-15-17(27-3)6-5-16(21)19(15)23/h5-8,11-12H,4,9-10H2,1-3H3. The average molecular weight is 426 g/mol. The Kier molecular flexibility index (Phi) is 5.81. The molecule has 1 aromatic carbocycles. The fraction of sp³-hybridized carbons (Fsp3) is 0.316. The highest BCUT2D eigenvalue weighted by molar-refractivity contribution is 7.92. The van der Waals surface area contributed by atoms with E-state index in [9.17, 15) is 12.8 Å². The molecule has 0 atom stereocenters. The van der Waals surface area contributed by atoms with Crippen molar-refractivity contribution < 1.29 is 17.5 Å². The molecule has 0 saturated carbocycles. The third-order valence-corrected chi connectivity index (χ3v) is 6.62. The maximum Gasteiger partial charge on any atom is 0.234 e. The van der Waals surface area contributed by atoms with Crippen LogP contribution in [0.25, 0.3) is 10.9 Å². The van der Waals surface area contributed by atoms with E-state index in [-0.39, 0.29) is 29.8 Å². The third-order valence-electron chi connectivity index (χ3n) is 4.62. The summed E-state index contributed by atoms with van der Waals surface area (Å²) in [6, 6.07) is 7.84. The Bertz CT molecular complexity index is 1120. The normalized spacial score (nSPS) is 11.8. The van der Waals surface area contributed by atoms with E-state index in [1.165, 1.54) is 29.7 Å². The summed E-state index contributed by atoms with van der Waals surface area (Å²) in [4.78, 5) is 3.90. The molecule has 3 aromatic rings. The zero-order valence-corrected chi connectivity index (χ0v) is 17.4. The van der Waals surface area contributed by atoms with E-state index in [2.05, 4.69) is 4.98 Å². The third kappa shape index (κ3) is 3.79. The summed E-state index contributed by atoms with van der Waals surface area (Å²) in [7, 11) is -2.03. The number of methoxy groups -OCH3 is 1. The second-order valence-electron chi connectivity index (χ2n) is 6.26. The van der Waals surface area contributed by atoms with E-state index >= 15 is 0 Å². The van der Waals surface area contributed by atoms with Gasteiger partial charge >= 0.3 is 0 Å². The number of rotatable bonds is 7. The van der Waals surface area contributed by atoms with Crippen LogP contribution in [0, 0.1) is 12.7 Å². The molecular formula is C19H21ClFN3O3S. The Morgan fingerprint density at radius 3 is 2.68 bits per heavy atom. The Morgan fingerprint density at radius 2 is 2.04 bits per heavy atom. The second-order valence-corrected chi connectivity index (χ2v) is 8.83. The molecule has 0 N–H and O–H groups in total. The lowest BCUT2D eigenvalue weighted by Gasteiger charge is -2.24. The van der Waals surface area contributed by atoms with E-state index in [4.69, 9.17) is 16.3 Å². The first kappa shape index (κ1) is 20.4. The quantitative estimate of drug-likeness (QED) is 0.536. The number of aryl methyl sites for hydroxylation is 1. The van der Waals surface area contributed by atoms with E-state index in [1.54, 1.807) is 23.6 Å². The summed E-state index contributed by atoms with van der Waals surface area (Å²) < 4.78 is 48.2. The van der Waals surface area contributed by atoms with Crippen LogP contribution in [0.4, 0.5) is 10.1 Å². The van der Waals surface area contributed by atoms with Gasteiger partial charge in [-0.2, -0.15) is 0 Å². The SMILES string of the molecule is CCS(=O)(=O)N(CCn1c(C)cc2c(OC)ccc(F)c21)c1ccnc(Cl)c1. The zero-order valence-electron chi connectivity index (χ0n) is 15.8. The van der Waals surface area contributed by atoms with Crippen molar-refractivity contribution in [3.8, 4) is 5.75 Å². The van der Waals surface area contributed by atoms with Crippen molar-refractivity contribution >= 4 is 38.2 Å². The maximum absolute atomic E-state index is 14.5. The van der Waals surface area contributed by atoms with E-state index in [1.807, 2.05) is 13.0 Å². The monoisotopic (exact) mass is 425 g/mol. The largest absolute Gasteiger partial charge is 0.496 e. The molecule has 0 fully saturated rings. The van der Waals surface area contributed by atoms with Gasteiger partial charge < -0.3 is 9.30 Å². The van der Waals surface area contributed by atoms with Crippen LogP contribution < -0.4 is 9.04 Å². The molecule has 0 aliphatic heterocycles. The van der Waals surface area contributed by atoms with Crippen molar-refractivity contribution in [2.24, 2.45) is 0 Å². The highest BCUT2D eigenvalue weighted by Gasteiger charge is 2.22. The highest BCUT2D eigenvalue weighted by Crippen LogP contribution is 2.31. The van der Waals surface area contributed by atoms with Gasteiger partial charge in [-0.25, -0.2) is 17.8 Å². The van der Waals surface area contributed by atoms with Crippen molar-refractivity contribution in [2.75, 3.05) is 23.7 Å². The lowest BCUT2D eigenvalue weighted by Crippen LogP contribution is -2.35. The molecule has 0 aliphatic rings. The predicted molar refractivity (Wildman–Crippen MR) is 109 cm³/mol. The van der Waals surface area contributed by atoms with Crippen LogP contribution in [0.5, 0.6) is 5.75 Å². The number of nitrogens with zero attached hydrogens (tertiary/aromatic N) is 3. The fourth-order valence-electron chi connectivity index (χ4n) is 3.23. The number of benzene rings is 1. The van der Waals surface area contributed by atoms with Crippen molar-refractivity contribution in [3.63, 3.8) is 0 Å². The number of hydrogen-bond donors (Lipinski definition) is 0. The molecule has 3 rings (SSSR count). The van der Waals surface area contributed by atoms with E-state index in [0.29, 0.717) is 22.3 Å². The van der Waals surface area contributed by atoms with Crippen LogP contribution >= 0.6 is 11.6 Å². The van der Waals surface area contributed by atoms with Gasteiger partial charge in [-0.05, 0) is 44.2 Å². The van der Waals surface area contributed by atoms with Crippen LogP contribution in [-0.2, 0) is 16.6 Å². The van der Waals surface area contributed by atoms with Crippen molar-refractivity contribution in [1.82, 2.24) is 9.55 Å². The number of ether oxygens (including phenoxy) is 1. The first-order valence-electron chi connectivity index (χ1n) is 8.72. The molecular weight excluding hydrogens is 405 g/mol. The molecule has 0 radical (unpaired) electrons. The number of aromatic nitrogens is 2. The molecule has 0 aliphatic carbocycles. The number of hydrogen-bond acceptors (Lipinski definition) is 4. The number of sulfonamides is 1. The minimum absolute atomic E-state index is 0.0689. The maximum atomic E-state index is 14.5. The topological polar surface area (TPSA) is 64.4 Å². The molecule has 150 valence electrons. The van der Waals surface area contributed by atoms with Crippen LogP contribution in [-0.4, -0.2) is 37.4 Å². The van der Waals surface area contributed by atoms with Gasteiger partial charge in [0.1, 0.15) is 16.7 Å². The van der Waals surface area contributed by atoms with Gasteiger partial charge in [0.05, 0.1) is 30.6 Å². The van der Waals surface area contributed by atoms with Crippen LogP contribution in [0.15, 0.2) is 36.5 Å². The van der Waals surface area contributed by atoms with Gasteiger partial charge in [0.15, 0.2) is 0 Å². The lowest BCUT2D eigenvalue weighted by atomic mass is 10.2. The van der Waals surface area contributed by atoms with Crippen LogP contribution in [0.2, 0.25) is 5.15 Å². The zero-order chi connectivity index (χ0) is 20.5. The highest BCUT2D eigenvalue weighted by atomic mass is 35.5. The number of fused-ring (bicyclic) bond motifs is 1.